The SMILES string of the molecule is O=C1OC2C(CO)C3CC1C2O3. The maximum atomic E-state index is 11.2. The average molecular weight is 170 g/mol. The molecule has 0 spiro atoms. The van der Waals surface area contributed by atoms with Crippen LogP contribution in [0.25, 0.3) is 0 Å². The van der Waals surface area contributed by atoms with Crippen molar-refractivity contribution in [3.05, 3.63) is 0 Å². The number of aliphatic hydroxyl groups excluding tert-OH is 1. The molecule has 3 fully saturated rings. The highest BCUT2D eigenvalue weighted by atomic mass is 16.6. The summed E-state index contributed by atoms with van der Waals surface area (Å²) in [5.41, 5.74) is 0. The van der Waals surface area contributed by atoms with Crippen LogP contribution in [0.4, 0.5) is 0 Å². The monoisotopic (exact) mass is 170 g/mol. The summed E-state index contributed by atoms with van der Waals surface area (Å²) < 4.78 is 10.6. The smallest absolute Gasteiger partial charge is 0.312 e. The Morgan fingerprint density at radius 2 is 2.33 bits per heavy atom. The molecule has 0 aromatic rings. The summed E-state index contributed by atoms with van der Waals surface area (Å²) in [6.07, 6.45) is 0.581. The Morgan fingerprint density at radius 1 is 1.50 bits per heavy atom. The number of fused-ring (bicyclic) bond motifs is 1. The molecule has 3 heterocycles. The second-order valence-electron chi connectivity index (χ2n) is 3.73. The fraction of sp³-hybridized carbons (Fsp3) is 0.875. The topological polar surface area (TPSA) is 55.8 Å². The first-order valence-electron chi connectivity index (χ1n) is 4.28. The van der Waals surface area contributed by atoms with Crippen molar-refractivity contribution in [3.63, 3.8) is 0 Å². The van der Waals surface area contributed by atoms with E-state index < -0.39 is 0 Å². The molecule has 5 atom stereocenters. The van der Waals surface area contributed by atoms with Crippen molar-refractivity contribution >= 4 is 5.97 Å². The van der Waals surface area contributed by atoms with Gasteiger partial charge in [0.15, 0.2) is 0 Å². The Labute approximate surface area is 69.5 Å². The van der Waals surface area contributed by atoms with Crippen LogP contribution in [0.1, 0.15) is 6.42 Å². The number of carbonyl (C=O) groups excluding carboxylic acids is 1. The quantitative estimate of drug-likeness (QED) is 0.529. The van der Waals surface area contributed by atoms with Gasteiger partial charge in [0.05, 0.1) is 18.6 Å². The minimum atomic E-state index is -0.161. The highest BCUT2D eigenvalue weighted by Crippen LogP contribution is 2.49. The highest BCUT2D eigenvalue weighted by Gasteiger charge is 2.62. The van der Waals surface area contributed by atoms with E-state index in [2.05, 4.69) is 0 Å². The minimum Gasteiger partial charge on any atom is -0.459 e. The van der Waals surface area contributed by atoms with Gasteiger partial charge in [-0.15, -0.1) is 0 Å². The van der Waals surface area contributed by atoms with E-state index in [0.717, 1.165) is 6.42 Å². The maximum Gasteiger partial charge on any atom is 0.312 e. The molecule has 1 N–H and O–H groups in total. The third kappa shape index (κ3) is 0.593. The third-order valence-corrected chi connectivity index (χ3v) is 3.20. The van der Waals surface area contributed by atoms with Gasteiger partial charge in [-0.2, -0.15) is 0 Å². The number of carbonyl (C=O) groups is 1. The molecule has 12 heavy (non-hydrogen) atoms. The molecule has 3 rings (SSSR count). The van der Waals surface area contributed by atoms with Gasteiger partial charge in [0.25, 0.3) is 0 Å². The number of hydrogen-bond donors (Lipinski definition) is 1. The summed E-state index contributed by atoms with van der Waals surface area (Å²) in [4.78, 5) is 11.2. The standard InChI is InChI=1S/C8H10O4/c9-2-4-5-1-3-6(11-5)7(4)12-8(3)10/h3-7,9H,1-2H2. The van der Waals surface area contributed by atoms with Crippen LogP contribution in [0, 0.1) is 11.8 Å². The number of ether oxygens (including phenoxy) is 2. The first-order valence-corrected chi connectivity index (χ1v) is 4.28. The van der Waals surface area contributed by atoms with Crippen molar-refractivity contribution in [2.75, 3.05) is 6.61 Å². The molecular weight excluding hydrogens is 160 g/mol. The first-order chi connectivity index (χ1) is 5.81. The van der Waals surface area contributed by atoms with E-state index in [-0.39, 0.29) is 42.7 Å². The minimum absolute atomic E-state index is 0.0256. The van der Waals surface area contributed by atoms with E-state index in [1.807, 2.05) is 0 Å². The average Bonchev–Trinajstić information content (AvgIpc) is 2.63. The maximum absolute atomic E-state index is 11.2. The molecule has 0 radical (unpaired) electrons. The van der Waals surface area contributed by atoms with Crippen molar-refractivity contribution in [1.29, 1.82) is 0 Å². The zero-order valence-electron chi connectivity index (χ0n) is 6.47. The lowest BCUT2D eigenvalue weighted by atomic mass is 9.83. The van der Waals surface area contributed by atoms with Crippen molar-refractivity contribution < 1.29 is 19.4 Å². The number of aliphatic hydroxyl groups is 1. The lowest BCUT2D eigenvalue weighted by molar-refractivity contribution is -0.144. The van der Waals surface area contributed by atoms with E-state index in [0.29, 0.717) is 0 Å². The van der Waals surface area contributed by atoms with E-state index in [1.54, 1.807) is 0 Å². The summed E-state index contributed by atoms with van der Waals surface area (Å²) in [6.45, 7) is 0.0613. The molecule has 3 aliphatic rings. The first kappa shape index (κ1) is 6.86. The van der Waals surface area contributed by atoms with Crippen LogP contribution >= 0.6 is 0 Å². The molecule has 0 aromatic heterocycles. The molecule has 0 aromatic carbocycles. The summed E-state index contributed by atoms with van der Waals surface area (Å²) in [5, 5.41) is 9.02. The van der Waals surface area contributed by atoms with Crippen LogP contribution in [0.2, 0.25) is 0 Å². The Kier molecular flexibility index (Phi) is 1.14. The lowest BCUT2D eigenvalue weighted by Crippen LogP contribution is -2.33. The van der Waals surface area contributed by atoms with Crippen molar-refractivity contribution in [2.45, 2.75) is 24.7 Å². The third-order valence-electron chi connectivity index (χ3n) is 3.20. The Bertz CT molecular complexity index is 239. The lowest BCUT2D eigenvalue weighted by Gasteiger charge is -2.18. The van der Waals surface area contributed by atoms with Gasteiger partial charge in [0.2, 0.25) is 0 Å². The number of rotatable bonds is 1. The molecule has 3 saturated heterocycles. The van der Waals surface area contributed by atoms with E-state index >= 15 is 0 Å². The van der Waals surface area contributed by atoms with Crippen LogP contribution in [0.5, 0.6) is 0 Å². The van der Waals surface area contributed by atoms with Gasteiger partial charge in [-0.1, -0.05) is 0 Å². The molecule has 0 amide bonds. The predicted octanol–water partition coefficient (Wildman–Crippen LogP) is -0.692. The van der Waals surface area contributed by atoms with Gasteiger partial charge in [-0.05, 0) is 6.42 Å². The van der Waals surface area contributed by atoms with E-state index in [9.17, 15) is 4.79 Å². The summed E-state index contributed by atoms with van der Waals surface area (Å²) in [5.74, 6) is -0.149. The Morgan fingerprint density at radius 3 is 3.08 bits per heavy atom. The second kappa shape index (κ2) is 2.00. The molecule has 2 bridgehead atoms. The van der Waals surface area contributed by atoms with Crippen LogP contribution < -0.4 is 0 Å². The largest absolute Gasteiger partial charge is 0.459 e. The van der Waals surface area contributed by atoms with Gasteiger partial charge in [0.1, 0.15) is 12.2 Å². The number of esters is 1. The predicted molar refractivity (Wildman–Crippen MR) is 37.2 cm³/mol. The molecule has 0 saturated carbocycles. The molecule has 66 valence electrons. The Hall–Kier alpha value is -0.610. The van der Waals surface area contributed by atoms with Crippen LogP contribution in [-0.2, 0) is 14.3 Å². The van der Waals surface area contributed by atoms with Crippen LogP contribution in [-0.4, -0.2) is 36.0 Å². The van der Waals surface area contributed by atoms with Gasteiger partial charge in [-0.25, -0.2) is 0 Å². The van der Waals surface area contributed by atoms with Crippen LogP contribution in [0.15, 0.2) is 0 Å². The van der Waals surface area contributed by atoms with Crippen molar-refractivity contribution in [2.24, 2.45) is 11.8 Å². The Balaban J connectivity index is 1.96. The van der Waals surface area contributed by atoms with Crippen molar-refractivity contribution in [1.82, 2.24) is 0 Å². The molecule has 5 unspecified atom stereocenters. The van der Waals surface area contributed by atoms with Gasteiger partial charge in [-0.3, -0.25) is 4.79 Å². The molecule has 4 heteroatoms. The molecule has 0 aliphatic carbocycles. The summed E-state index contributed by atoms with van der Waals surface area (Å²) in [6, 6.07) is 0. The number of hydrogen-bond acceptors (Lipinski definition) is 4. The van der Waals surface area contributed by atoms with Crippen molar-refractivity contribution in [3.8, 4) is 0 Å². The van der Waals surface area contributed by atoms with Gasteiger partial charge in [0, 0.05) is 5.92 Å². The fourth-order valence-corrected chi connectivity index (χ4v) is 2.60. The second-order valence-corrected chi connectivity index (χ2v) is 3.73. The fourth-order valence-electron chi connectivity index (χ4n) is 2.60. The van der Waals surface area contributed by atoms with E-state index in [1.165, 1.54) is 0 Å². The molecular formula is C8H10O4. The molecule has 3 aliphatic heterocycles. The van der Waals surface area contributed by atoms with Crippen LogP contribution in [0.3, 0.4) is 0 Å². The molecule has 4 nitrogen and oxygen atoms in total. The van der Waals surface area contributed by atoms with E-state index in [4.69, 9.17) is 14.6 Å². The van der Waals surface area contributed by atoms with Gasteiger partial charge >= 0.3 is 5.97 Å². The zero-order valence-corrected chi connectivity index (χ0v) is 6.47. The van der Waals surface area contributed by atoms with Gasteiger partial charge < -0.3 is 14.6 Å². The normalized spacial score (nSPS) is 54.8. The zero-order chi connectivity index (χ0) is 8.29. The highest BCUT2D eigenvalue weighted by molar-refractivity contribution is 5.77. The summed E-state index contributed by atoms with van der Waals surface area (Å²) >= 11 is 0. The summed E-state index contributed by atoms with van der Waals surface area (Å²) in [7, 11) is 0.